The van der Waals surface area contributed by atoms with Crippen molar-refractivity contribution in [2.45, 2.75) is 104 Å². The lowest BCUT2D eigenvalue weighted by Gasteiger charge is -2.61. The van der Waals surface area contributed by atoms with Gasteiger partial charge in [0.05, 0.1) is 18.8 Å². The number of hydrogen-bond acceptors (Lipinski definition) is 2. The maximum atomic E-state index is 5.87. The van der Waals surface area contributed by atoms with Crippen molar-refractivity contribution in [3.8, 4) is 0 Å². The summed E-state index contributed by atoms with van der Waals surface area (Å²) in [5.41, 5.74) is 0.854. The summed E-state index contributed by atoms with van der Waals surface area (Å²) in [6.45, 7) is 18.1. The zero-order chi connectivity index (χ0) is 18.9. The van der Waals surface area contributed by atoms with E-state index in [4.69, 9.17) is 4.74 Å². The first kappa shape index (κ1) is 20.6. The fourth-order valence-corrected chi connectivity index (χ4v) is 6.68. The highest BCUT2D eigenvalue weighted by Gasteiger charge is 2.56. The predicted octanol–water partition coefficient (Wildman–Crippen LogP) is 6.14. The standard InChI is InChI=1S/C24H45NO/c1-18(2)23(6)14-20(5)10-8-7-9-11-22-21(15-23)12-13-25(19(3)4)24(22)16-26-17-24/h18-22H,7-17H2,1-6H3. The molecule has 1 saturated carbocycles. The normalized spacial score (nSPS) is 39.5. The molecular weight excluding hydrogens is 318 g/mol. The first-order valence-electron chi connectivity index (χ1n) is 11.6. The molecule has 152 valence electrons. The van der Waals surface area contributed by atoms with Gasteiger partial charge in [0.2, 0.25) is 0 Å². The second-order valence-electron chi connectivity index (χ2n) is 11.0. The average Bonchev–Trinajstić information content (AvgIpc) is 2.55. The molecule has 2 nitrogen and oxygen atoms in total. The van der Waals surface area contributed by atoms with Crippen molar-refractivity contribution in [2.75, 3.05) is 19.8 Å². The van der Waals surface area contributed by atoms with E-state index in [0.717, 1.165) is 36.9 Å². The van der Waals surface area contributed by atoms with Crippen LogP contribution in [-0.2, 0) is 4.74 Å². The summed E-state index contributed by atoms with van der Waals surface area (Å²) in [6, 6.07) is 0.648. The van der Waals surface area contributed by atoms with Gasteiger partial charge in [-0.1, -0.05) is 53.4 Å². The first-order valence-corrected chi connectivity index (χ1v) is 11.6. The summed E-state index contributed by atoms with van der Waals surface area (Å²) in [6.07, 6.45) is 11.4. The molecule has 0 aromatic carbocycles. The molecule has 4 unspecified atom stereocenters. The van der Waals surface area contributed by atoms with E-state index in [1.54, 1.807) is 0 Å². The molecule has 3 aliphatic rings. The number of likely N-dealkylation sites (tertiary alicyclic amines) is 1. The third-order valence-electron chi connectivity index (χ3n) is 8.55. The smallest absolute Gasteiger partial charge is 0.0711 e. The zero-order valence-corrected chi connectivity index (χ0v) is 18.5. The van der Waals surface area contributed by atoms with E-state index in [-0.39, 0.29) is 0 Å². The van der Waals surface area contributed by atoms with Crippen LogP contribution in [0.1, 0.15) is 92.9 Å². The van der Waals surface area contributed by atoms with E-state index in [1.165, 1.54) is 57.9 Å². The molecule has 1 aliphatic carbocycles. The predicted molar refractivity (Wildman–Crippen MR) is 111 cm³/mol. The highest BCUT2D eigenvalue weighted by Crippen LogP contribution is 2.52. The van der Waals surface area contributed by atoms with Gasteiger partial charge < -0.3 is 4.74 Å². The molecule has 2 aliphatic heterocycles. The number of rotatable bonds is 2. The Morgan fingerprint density at radius 1 is 0.923 bits per heavy atom. The Bertz CT molecular complexity index is 455. The minimum Gasteiger partial charge on any atom is -0.377 e. The topological polar surface area (TPSA) is 12.5 Å². The summed E-state index contributed by atoms with van der Waals surface area (Å²) in [5.74, 6) is 3.41. The summed E-state index contributed by atoms with van der Waals surface area (Å²) in [7, 11) is 0. The van der Waals surface area contributed by atoms with E-state index in [2.05, 4.69) is 46.4 Å². The van der Waals surface area contributed by atoms with Gasteiger partial charge in [0.15, 0.2) is 0 Å². The molecule has 2 heteroatoms. The van der Waals surface area contributed by atoms with Crippen molar-refractivity contribution < 1.29 is 4.74 Å². The van der Waals surface area contributed by atoms with Crippen molar-refractivity contribution >= 4 is 0 Å². The molecule has 0 aromatic rings. The number of ether oxygens (including phenoxy) is 1. The maximum Gasteiger partial charge on any atom is 0.0711 e. The summed E-state index contributed by atoms with van der Waals surface area (Å²) < 4.78 is 5.87. The Hall–Kier alpha value is -0.0800. The van der Waals surface area contributed by atoms with Gasteiger partial charge in [-0.15, -0.1) is 0 Å². The largest absolute Gasteiger partial charge is 0.377 e. The molecule has 4 atom stereocenters. The van der Waals surface area contributed by atoms with E-state index in [0.29, 0.717) is 17.0 Å². The van der Waals surface area contributed by atoms with Gasteiger partial charge in [0.1, 0.15) is 0 Å². The highest BCUT2D eigenvalue weighted by molar-refractivity contribution is 5.08. The lowest BCUT2D eigenvalue weighted by atomic mass is 9.59. The number of piperidine rings is 1. The van der Waals surface area contributed by atoms with Crippen LogP contribution in [0.5, 0.6) is 0 Å². The molecule has 26 heavy (non-hydrogen) atoms. The molecule has 0 aromatic heterocycles. The summed E-state index contributed by atoms with van der Waals surface area (Å²) in [5, 5.41) is 0. The second-order valence-corrected chi connectivity index (χ2v) is 11.0. The van der Waals surface area contributed by atoms with E-state index < -0.39 is 0 Å². The Kier molecular flexibility index (Phi) is 6.44. The summed E-state index contributed by atoms with van der Waals surface area (Å²) in [4.78, 5) is 2.83. The Morgan fingerprint density at radius 2 is 1.62 bits per heavy atom. The molecule has 2 heterocycles. The molecule has 1 spiro atoms. The fourth-order valence-electron chi connectivity index (χ4n) is 6.68. The minimum atomic E-state index is 0.356. The van der Waals surface area contributed by atoms with Gasteiger partial charge in [-0.25, -0.2) is 0 Å². The van der Waals surface area contributed by atoms with Crippen molar-refractivity contribution in [3.05, 3.63) is 0 Å². The van der Waals surface area contributed by atoms with E-state index in [9.17, 15) is 0 Å². The van der Waals surface area contributed by atoms with Crippen LogP contribution < -0.4 is 0 Å². The lowest BCUT2D eigenvalue weighted by Crippen LogP contribution is -2.71. The van der Waals surface area contributed by atoms with Gasteiger partial charge in [-0.3, -0.25) is 4.90 Å². The third kappa shape index (κ3) is 3.88. The lowest BCUT2D eigenvalue weighted by molar-refractivity contribution is -0.211. The van der Waals surface area contributed by atoms with Crippen LogP contribution >= 0.6 is 0 Å². The SMILES string of the molecule is CC1CCCCCC2C(CCN(C(C)C)C23COC3)CC(C)(C(C)C)C1. The molecule has 0 bridgehead atoms. The van der Waals surface area contributed by atoms with Crippen molar-refractivity contribution in [2.24, 2.45) is 29.1 Å². The van der Waals surface area contributed by atoms with Crippen LogP contribution in [0.25, 0.3) is 0 Å². The molecule has 2 saturated heterocycles. The van der Waals surface area contributed by atoms with Crippen LogP contribution in [0.3, 0.4) is 0 Å². The van der Waals surface area contributed by atoms with Crippen LogP contribution in [0.15, 0.2) is 0 Å². The van der Waals surface area contributed by atoms with Gasteiger partial charge >= 0.3 is 0 Å². The van der Waals surface area contributed by atoms with Crippen LogP contribution in [0, 0.1) is 29.1 Å². The minimum absolute atomic E-state index is 0.356. The van der Waals surface area contributed by atoms with E-state index in [1.807, 2.05) is 0 Å². The van der Waals surface area contributed by atoms with Crippen molar-refractivity contribution in [3.63, 3.8) is 0 Å². The number of hydrogen-bond donors (Lipinski definition) is 0. The number of nitrogens with zero attached hydrogens (tertiary/aromatic N) is 1. The average molecular weight is 364 g/mol. The highest BCUT2D eigenvalue weighted by atomic mass is 16.5. The van der Waals surface area contributed by atoms with Gasteiger partial charge in [0, 0.05) is 6.04 Å². The van der Waals surface area contributed by atoms with Gasteiger partial charge in [-0.2, -0.15) is 0 Å². The molecule has 3 fully saturated rings. The fraction of sp³-hybridized carbons (Fsp3) is 1.00. The molecule has 0 amide bonds. The van der Waals surface area contributed by atoms with Crippen LogP contribution in [-0.4, -0.2) is 36.2 Å². The van der Waals surface area contributed by atoms with Crippen LogP contribution in [0.2, 0.25) is 0 Å². The Balaban J connectivity index is 1.88. The third-order valence-corrected chi connectivity index (χ3v) is 8.55. The Morgan fingerprint density at radius 3 is 2.19 bits per heavy atom. The quantitative estimate of drug-likeness (QED) is 0.584. The molecule has 3 rings (SSSR count). The Labute approximate surface area is 163 Å². The van der Waals surface area contributed by atoms with Crippen LogP contribution in [0.4, 0.5) is 0 Å². The second kappa shape index (κ2) is 8.11. The van der Waals surface area contributed by atoms with Gasteiger partial charge in [-0.05, 0) is 75.2 Å². The molecule has 0 N–H and O–H groups in total. The number of fused-ring (bicyclic) bond motifs is 2. The molecular formula is C24H45NO. The monoisotopic (exact) mass is 363 g/mol. The van der Waals surface area contributed by atoms with Crippen molar-refractivity contribution in [1.29, 1.82) is 0 Å². The molecule has 0 radical (unpaired) electrons. The van der Waals surface area contributed by atoms with Gasteiger partial charge in [0.25, 0.3) is 0 Å². The van der Waals surface area contributed by atoms with Crippen molar-refractivity contribution in [1.82, 2.24) is 4.90 Å². The first-order chi connectivity index (χ1) is 12.3. The van der Waals surface area contributed by atoms with E-state index >= 15 is 0 Å². The zero-order valence-electron chi connectivity index (χ0n) is 18.5. The maximum absolute atomic E-state index is 5.87. The summed E-state index contributed by atoms with van der Waals surface area (Å²) >= 11 is 0.